The Morgan fingerprint density at radius 2 is 1.74 bits per heavy atom. The summed E-state index contributed by atoms with van der Waals surface area (Å²) in [5.41, 5.74) is 2.17. The molecule has 0 saturated carbocycles. The molecule has 42 heavy (non-hydrogen) atoms. The van der Waals surface area contributed by atoms with Crippen LogP contribution in [0.1, 0.15) is 48.0 Å². The Morgan fingerprint density at radius 1 is 1.00 bits per heavy atom. The molecule has 2 aromatic carbocycles. The third kappa shape index (κ3) is 6.38. The number of hydrogen-bond donors (Lipinski definition) is 2. The van der Waals surface area contributed by atoms with E-state index in [0.29, 0.717) is 18.4 Å². The van der Waals surface area contributed by atoms with Gasteiger partial charge in [-0.2, -0.15) is 0 Å². The number of ether oxygens (including phenoxy) is 2. The molecular formula is C30H35N5O7. The van der Waals surface area contributed by atoms with Gasteiger partial charge in [0.25, 0.3) is 11.8 Å². The van der Waals surface area contributed by atoms with Gasteiger partial charge < -0.3 is 25.0 Å². The van der Waals surface area contributed by atoms with Crippen LogP contribution >= 0.6 is 0 Å². The minimum absolute atomic E-state index is 0.0431. The van der Waals surface area contributed by atoms with Crippen LogP contribution in [0.4, 0.5) is 5.69 Å². The monoisotopic (exact) mass is 577 g/mol. The molecule has 4 amide bonds. The lowest BCUT2D eigenvalue weighted by molar-refractivity contribution is -0.177. The maximum atomic E-state index is 13.8. The highest BCUT2D eigenvalue weighted by Gasteiger charge is 2.46. The van der Waals surface area contributed by atoms with E-state index in [1.54, 1.807) is 24.3 Å². The number of nitrogens with zero attached hydrogens (tertiary/aromatic N) is 3. The minimum atomic E-state index is -1.00. The van der Waals surface area contributed by atoms with Gasteiger partial charge in [0.15, 0.2) is 0 Å². The Morgan fingerprint density at radius 3 is 2.45 bits per heavy atom. The summed E-state index contributed by atoms with van der Waals surface area (Å²) in [6.45, 7) is 0.468. The number of anilines is 1. The van der Waals surface area contributed by atoms with Crippen LogP contribution in [0.2, 0.25) is 0 Å². The summed E-state index contributed by atoms with van der Waals surface area (Å²) in [7, 11) is 3.78. The zero-order chi connectivity index (χ0) is 29.8. The molecule has 3 aliphatic rings. The molecule has 0 bridgehead atoms. The first-order valence-electron chi connectivity index (χ1n) is 14.1. The van der Waals surface area contributed by atoms with Crippen molar-refractivity contribution in [3.8, 4) is 0 Å². The Hall–Kier alpha value is -4.45. The zero-order valence-corrected chi connectivity index (χ0v) is 23.7. The number of hydrazine groups is 1. The van der Waals surface area contributed by atoms with Gasteiger partial charge in [0.2, 0.25) is 18.1 Å². The van der Waals surface area contributed by atoms with Gasteiger partial charge in [-0.15, -0.1) is 0 Å². The average molecular weight is 578 g/mol. The van der Waals surface area contributed by atoms with Gasteiger partial charge in [-0.25, -0.2) is 5.01 Å². The van der Waals surface area contributed by atoms with Gasteiger partial charge in [0.1, 0.15) is 18.1 Å². The van der Waals surface area contributed by atoms with Crippen LogP contribution < -0.4 is 15.5 Å². The fraction of sp³-hybridized carbons (Fsp3) is 0.433. The lowest BCUT2D eigenvalue weighted by Crippen LogP contribution is -2.64. The smallest absolute Gasteiger partial charge is 0.310 e. The number of cyclic esters (lactones) is 1. The van der Waals surface area contributed by atoms with Crippen LogP contribution in [-0.4, -0.2) is 84.7 Å². The van der Waals surface area contributed by atoms with Crippen LogP contribution in [0, 0.1) is 0 Å². The Labute approximate surface area is 243 Å². The fourth-order valence-electron chi connectivity index (χ4n) is 5.40. The summed E-state index contributed by atoms with van der Waals surface area (Å²) in [4.78, 5) is 67.4. The number of amides is 4. The maximum Gasteiger partial charge on any atom is 0.310 e. The molecule has 0 spiro atoms. The van der Waals surface area contributed by atoms with Crippen LogP contribution in [0.15, 0.2) is 54.6 Å². The largest absolute Gasteiger partial charge is 0.433 e. The summed E-state index contributed by atoms with van der Waals surface area (Å²) >= 11 is 0. The number of carbonyl (C=O) groups excluding carboxylic acids is 5. The number of esters is 1. The predicted octanol–water partition coefficient (Wildman–Crippen LogP) is 1.35. The second-order valence-electron chi connectivity index (χ2n) is 10.8. The second kappa shape index (κ2) is 12.6. The minimum Gasteiger partial charge on any atom is -0.433 e. The molecule has 5 rings (SSSR count). The van der Waals surface area contributed by atoms with E-state index in [1.807, 2.05) is 49.3 Å². The van der Waals surface area contributed by atoms with Gasteiger partial charge >= 0.3 is 5.97 Å². The molecule has 2 N–H and O–H groups in total. The summed E-state index contributed by atoms with van der Waals surface area (Å²) in [5, 5.41) is 8.08. The van der Waals surface area contributed by atoms with Crippen LogP contribution in [0.5, 0.6) is 0 Å². The Bertz CT molecular complexity index is 1330. The van der Waals surface area contributed by atoms with E-state index in [-0.39, 0.29) is 38.3 Å². The first-order valence-corrected chi connectivity index (χ1v) is 14.1. The highest BCUT2D eigenvalue weighted by Crippen LogP contribution is 2.26. The number of nitrogens with one attached hydrogen (secondary N) is 2. The van der Waals surface area contributed by atoms with E-state index in [1.165, 1.54) is 10.0 Å². The molecule has 4 unspecified atom stereocenters. The molecular weight excluding hydrogens is 542 g/mol. The van der Waals surface area contributed by atoms with Crippen molar-refractivity contribution in [1.29, 1.82) is 0 Å². The normalized spacial score (nSPS) is 24.0. The summed E-state index contributed by atoms with van der Waals surface area (Å²) < 4.78 is 11.1. The van der Waals surface area contributed by atoms with Crippen molar-refractivity contribution < 1.29 is 33.4 Å². The second-order valence-corrected chi connectivity index (χ2v) is 10.8. The van der Waals surface area contributed by atoms with Crippen molar-refractivity contribution in [2.45, 2.75) is 63.1 Å². The topological polar surface area (TPSA) is 138 Å². The highest BCUT2D eigenvalue weighted by atomic mass is 16.7. The fourth-order valence-corrected chi connectivity index (χ4v) is 5.40. The van der Waals surface area contributed by atoms with Crippen LogP contribution in [0.3, 0.4) is 0 Å². The number of fused-ring (bicyclic) bond motifs is 1. The molecule has 3 heterocycles. The van der Waals surface area contributed by atoms with Crippen molar-refractivity contribution in [2.24, 2.45) is 0 Å². The van der Waals surface area contributed by atoms with E-state index in [2.05, 4.69) is 10.6 Å². The summed E-state index contributed by atoms with van der Waals surface area (Å²) in [6.07, 6.45) is -0.0989. The SMILES string of the molecule is CN(C)c1ccc(C(=O)NC2CCC(=O)N3CCCC(C(=O)NC4CC(=O)OC4OCc4ccccc4)N3C2=O)cc1. The molecule has 0 radical (unpaired) electrons. The molecule has 0 aliphatic carbocycles. The molecule has 12 nitrogen and oxygen atoms in total. The first kappa shape index (κ1) is 29.1. The van der Waals surface area contributed by atoms with Gasteiger partial charge in [-0.05, 0) is 49.1 Å². The van der Waals surface area contributed by atoms with Gasteiger partial charge in [-0.3, -0.25) is 29.0 Å². The molecule has 222 valence electrons. The highest BCUT2D eigenvalue weighted by molar-refractivity contribution is 6.00. The first-order chi connectivity index (χ1) is 20.2. The van der Waals surface area contributed by atoms with Crippen LogP contribution in [-0.2, 0) is 35.3 Å². The third-order valence-electron chi connectivity index (χ3n) is 7.66. The summed E-state index contributed by atoms with van der Waals surface area (Å²) in [5.74, 6) is -2.31. The van der Waals surface area contributed by atoms with Crippen LogP contribution in [0.25, 0.3) is 0 Å². The van der Waals surface area contributed by atoms with Crippen molar-refractivity contribution >= 4 is 35.3 Å². The Balaban J connectivity index is 1.28. The van der Waals surface area contributed by atoms with Crippen molar-refractivity contribution in [3.05, 3.63) is 65.7 Å². The number of benzene rings is 2. The third-order valence-corrected chi connectivity index (χ3v) is 7.66. The molecule has 0 aromatic heterocycles. The van der Waals surface area contributed by atoms with Crippen molar-refractivity contribution in [1.82, 2.24) is 20.7 Å². The summed E-state index contributed by atoms with van der Waals surface area (Å²) in [6, 6.07) is 13.5. The maximum absolute atomic E-state index is 13.8. The number of rotatable bonds is 8. The molecule has 3 fully saturated rings. The van der Waals surface area contributed by atoms with Gasteiger partial charge in [-0.1, -0.05) is 30.3 Å². The van der Waals surface area contributed by atoms with E-state index in [9.17, 15) is 24.0 Å². The molecule has 4 atom stereocenters. The van der Waals surface area contributed by atoms with Crippen molar-refractivity contribution in [3.63, 3.8) is 0 Å². The average Bonchev–Trinajstić information content (AvgIpc) is 3.30. The molecule has 3 saturated heterocycles. The quantitative estimate of drug-likeness (QED) is 0.449. The number of carbonyl (C=O) groups is 5. The van der Waals surface area contributed by atoms with Crippen molar-refractivity contribution in [2.75, 3.05) is 25.5 Å². The van der Waals surface area contributed by atoms with E-state index >= 15 is 0 Å². The molecule has 12 heteroatoms. The lowest BCUT2D eigenvalue weighted by Gasteiger charge is -2.43. The van der Waals surface area contributed by atoms with Gasteiger partial charge in [0, 0.05) is 38.3 Å². The molecule has 3 aliphatic heterocycles. The Kier molecular flexibility index (Phi) is 8.72. The number of hydrogen-bond acceptors (Lipinski definition) is 8. The predicted molar refractivity (Wildman–Crippen MR) is 150 cm³/mol. The zero-order valence-electron chi connectivity index (χ0n) is 23.7. The van der Waals surface area contributed by atoms with Gasteiger partial charge in [0.05, 0.1) is 13.0 Å². The lowest BCUT2D eigenvalue weighted by atomic mass is 10.0. The van der Waals surface area contributed by atoms with E-state index in [4.69, 9.17) is 9.47 Å². The van der Waals surface area contributed by atoms with E-state index in [0.717, 1.165) is 11.3 Å². The molecule has 2 aromatic rings. The standard InChI is InChI=1S/C30H35N5O7/c1-33(2)21-12-10-20(11-13-21)27(38)31-22-14-15-25(36)34-16-6-9-24(35(34)29(22)40)28(39)32-23-17-26(37)42-30(23)41-18-19-7-4-3-5-8-19/h3-5,7-8,10-13,22-24,30H,6,9,14-18H2,1-2H3,(H,31,38)(H,32,39). The van der Waals surface area contributed by atoms with E-state index < -0.39 is 48.1 Å².